The van der Waals surface area contributed by atoms with Crippen LogP contribution in [0.2, 0.25) is 10.0 Å². The molecule has 2 heterocycles. The van der Waals surface area contributed by atoms with Gasteiger partial charge in [0.2, 0.25) is 5.91 Å². The van der Waals surface area contributed by atoms with Gasteiger partial charge in [-0.3, -0.25) is 4.79 Å². The summed E-state index contributed by atoms with van der Waals surface area (Å²) in [5.74, 6) is 0.0675. The quantitative estimate of drug-likeness (QED) is 0.842. The fourth-order valence-corrected chi connectivity index (χ4v) is 2.80. The molecule has 1 atom stereocenters. The highest BCUT2D eigenvalue weighted by atomic mass is 35.5. The van der Waals surface area contributed by atoms with Gasteiger partial charge in [0.05, 0.1) is 15.3 Å². The molecule has 0 aliphatic carbocycles. The van der Waals surface area contributed by atoms with Gasteiger partial charge in [0.1, 0.15) is 6.33 Å². The van der Waals surface area contributed by atoms with Gasteiger partial charge < -0.3 is 9.88 Å². The molecule has 6 nitrogen and oxygen atoms in total. The van der Waals surface area contributed by atoms with Crippen molar-refractivity contribution in [2.24, 2.45) is 0 Å². The molecule has 1 amide bonds. The van der Waals surface area contributed by atoms with Crippen LogP contribution in [0.4, 0.5) is 5.82 Å². The summed E-state index contributed by atoms with van der Waals surface area (Å²) in [6, 6.07) is 1.53. The minimum Gasteiger partial charge on any atom is -0.309 e. The molecule has 0 spiro atoms. The number of anilines is 1. The van der Waals surface area contributed by atoms with E-state index in [0.717, 1.165) is 6.54 Å². The van der Waals surface area contributed by atoms with Gasteiger partial charge in [-0.05, 0) is 19.9 Å². The van der Waals surface area contributed by atoms with E-state index in [2.05, 4.69) is 20.5 Å². The number of nitrogens with zero attached hydrogens (tertiary/aromatic N) is 4. The second kappa shape index (κ2) is 7.11. The number of aromatic nitrogens is 4. The Kier molecular flexibility index (Phi) is 5.44. The lowest BCUT2D eigenvalue weighted by atomic mass is 10.4. The van der Waals surface area contributed by atoms with E-state index in [1.807, 2.05) is 11.5 Å². The lowest BCUT2D eigenvalue weighted by Crippen LogP contribution is -2.23. The summed E-state index contributed by atoms with van der Waals surface area (Å²) in [7, 11) is 0. The summed E-state index contributed by atoms with van der Waals surface area (Å²) in [4.78, 5) is 16.1. The van der Waals surface area contributed by atoms with Gasteiger partial charge in [-0.25, -0.2) is 4.98 Å². The largest absolute Gasteiger partial charge is 0.309 e. The van der Waals surface area contributed by atoms with Crippen molar-refractivity contribution in [3.05, 3.63) is 28.6 Å². The summed E-state index contributed by atoms with van der Waals surface area (Å²) in [6.45, 7) is 4.50. The van der Waals surface area contributed by atoms with E-state index < -0.39 is 0 Å². The van der Waals surface area contributed by atoms with E-state index in [1.165, 1.54) is 24.0 Å². The number of carbonyl (C=O) groups is 1. The highest BCUT2D eigenvalue weighted by molar-refractivity contribution is 8.00. The predicted molar refractivity (Wildman–Crippen MR) is 83.9 cm³/mol. The Morgan fingerprint density at radius 2 is 2.29 bits per heavy atom. The summed E-state index contributed by atoms with van der Waals surface area (Å²) < 4.78 is 1.86. The summed E-state index contributed by atoms with van der Waals surface area (Å²) in [5, 5.41) is 11.5. The van der Waals surface area contributed by atoms with Gasteiger partial charge in [0, 0.05) is 12.7 Å². The number of halogens is 2. The molecule has 0 aliphatic rings. The van der Waals surface area contributed by atoms with Crippen molar-refractivity contribution in [2.75, 3.05) is 5.32 Å². The molecule has 9 heteroatoms. The molecule has 0 radical (unpaired) electrons. The van der Waals surface area contributed by atoms with E-state index in [1.54, 1.807) is 13.3 Å². The Morgan fingerprint density at radius 3 is 2.95 bits per heavy atom. The maximum Gasteiger partial charge on any atom is 0.238 e. The van der Waals surface area contributed by atoms with Crippen LogP contribution in [-0.4, -0.2) is 30.9 Å². The lowest BCUT2D eigenvalue weighted by Gasteiger charge is -2.12. The summed E-state index contributed by atoms with van der Waals surface area (Å²) in [5.41, 5.74) is 0. The van der Waals surface area contributed by atoms with Crippen molar-refractivity contribution in [2.45, 2.75) is 30.8 Å². The Hall–Kier alpha value is -1.31. The number of pyridine rings is 1. The monoisotopic (exact) mass is 345 g/mol. The average Bonchev–Trinajstić information content (AvgIpc) is 2.89. The molecule has 0 aliphatic heterocycles. The number of hydrogen-bond acceptors (Lipinski definition) is 5. The molecule has 21 heavy (non-hydrogen) atoms. The van der Waals surface area contributed by atoms with Gasteiger partial charge in [-0.15, -0.1) is 10.2 Å². The number of amides is 1. The van der Waals surface area contributed by atoms with Crippen molar-refractivity contribution in [3.8, 4) is 0 Å². The van der Waals surface area contributed by atoms with Crippen LogP contribution in [0.15, 0.2) is 23.7 Å². The highest BCUT2D eigenvalue weighted by Crippen LogP contribution is 2.25. The fourth-order valence-electron chi connectivity index (χ4n) is 1.49. The number of thioether (sulfide) groups is 1. The molecule has 112 valence electrons. The van der Waals surface area contributed by atoms with Crippen molar-refractivity contribution in [1.29, 1.82) is 0 Å². The standard InChI is InChI=1S/C12H13Cl2N5OS/c1-3-19-6-16-18-12(19)21-7(2)11(20)17-10-9(14)4-8(13)5-15-10/h4-7H,3H2,1-2H3,(H,15,17,20)/t7-/m0/s1. The first-order chi connectivity index (χ1) is 10.0. The number of nitrogens with one attached hydrogen (secondary N) is 1. The molecule has 1 N–H and O–H groups in total. The molecule has 0 unspecified atom stereocenters. The van der Waals surface area contributed by atoms with Crippen LogP contribution in [0.1, 0.15) is 13.8 Å². The third kappa shape index (κ3) is 4.09. The first kappa shape index (κ1) is 16.1. The number of aryl methyl sites for hydroxylation is 1. The maximum atomic E-state index is 12.2. The Morgan fingerprint density at radius 1 is 1.52 bits per heavy atom. The maximum absolute atomic E-state index is 12.2. The van der Waals surface area contributed by atoms with Gasteiger partial charge in [0.25, 0.3) is 0 Å². The average molecular weight is 346 g/mol. The number of rotatable bonds is 5. The molecule has 0 bridgehead atoms. The topological polar surface area (TPSA) is 72.7 Å². The van der Waals surface area contributed by atoms with E-state index in [4.69, 9.17) is 23.2 Å². The lowest BCUT2D eigenvalue weighted by molar-refractivity contribution is -0.115. The normalized spacial score (nSPS) is 12.2. The number of carbonyl (C=O) groups excluding carboxylic acids is 1. The van der Waals surface area contributed by atoms with Gasteiger partial charge in [0.15, 0.2) is 11.0 Å². The molecule has 2 aromatic rings. The Balaban J connectivity index is 2.02. The zero-order chi connectivity index (χ0) is 15.4. The highest BCUT2D eigenvalue weighted by Gasteiger charge is 2.19. The number of hydrogen-bond donors (Lipinski definition) is 1. The minimum atomic E-state index is -0.368. The smallest absolute Gasteiger partial charge is 0.238 e. The zero-order valence-corrected chi connectivity index (χ0v) is 13.7. The molecule has 0 saturated heterocycles. The van der Waals surface area contributed by atoms with Crippen LogP contribution in [0.3, 0.4) is 0 Å². The molecular formula is C12H13Cl2N5OS. The van der Waals surface area contributed by atoms with Crippen LogP contribution in [-0.2, 0) is 11.3 Å². The van der Waals surface area contributed by atoms with Crippen molar-refractivity contribution in [3.63, 3.8) is 0 Å². The Bertz CT molecular complexity index is 648. The van der Waals surface area contributed by atoms with Gasteiger partial charge in [-0.2, -0.15) is 0 Å². The second-order valence-corrected chi connectivity index (χ2v) is 6.28. The molecular weight excluding hydrogens is 333 g/mol. The summed E-state index contributed by atoms with van der Waals surface area (Å²) in [6.07, 6.45) is 3.05. The minimum absolute atomic E-state index is 0.220. The van der Waals surface area contributed by atoms with Gasteiger partial charge in [-0.1, -0.05) is 35.0 Å². The van der Waals surface area contributed by atoms with Crippen LogP contribution in [0.25, 0.3) is 0 Å². The molecule has 0 saturated carbocycles. The van der Waals surface area contributed by atoms with Crippen molar-refractivity contribution < 1.29 is 4.79 Å². The SMILES string of the molecule is CCn1cnnc1S[C@@H](C)C(=O)Nc1ncc(Cl)cc1Cl. The Labute approximate surface area is 136 Å². The van der Waals surface area contributed by atoms with E-state index >= 15 is 0 Å². The van der Waals surface area contributed by atoms with E-state index in [0.29, 0.717) is 15.2 Å². The van der Waals surface area contributed by atoms with Crippen LogP contribution >= 0.6 is 35.0 Å². The molecule has 2 rings (SSSR count). The third-order valence-electron chi connectivity index (χ3n) is 2.62. The first-order valence-electron chi connectivity index (χ1n) is 6.17. The van der Waals surface area contributed by atoms with Crippen LogP contribution in [0.5, 0.6) is 0 Å². The van der Waals surface area contributed by atoms with Crippen LogP contribution < -0.4 is 5.32 Å². The molecule has 0 aromatic carbocycles. The van der Waals surface area contributed by atoms with E-state index in [9.17, 15) is 4.79 Å². The predicted octanol–water partition coefficient (Wildman–Crippen LogP) is 3.12. The first-order valence-corrected chi connectivity index (χ1v) is 7.81. The second-order valence-electron chi connectivity index (χ2n) is 4.13. The third-order valence-corrected chi connectivity index (χ3v) is 4.21. The van der Waals surface area contributed by atoms with Crippen LogP contribution in [0, 0.1) is 0 Å². The van der Waals surface area contributed by atoms with Gasteiger partial charge >= 0.3 is 0 Å². The fraction of sp³-hybridized carbons (Fsp3) is 0.333. The molecule has 2 aromatic heterocycles. The van der Waals surface area contributed by atoms with Crippen molar-refractivity contribution >= 4 is 46.7 Å². The molecule has 0 fully saturated rings. The zero-order valence-electron chi connectivity index (χ0n) is 11.4. The van der Waals surface area contributed by atoms with E-state index in [-0.39, 0.29) is 17.0 Å². The van der Waals surface area contributed by atoms with Crippen molar-refractivity contribution in [1.82, 2.24) is 19.7 Å². The summed E-state index contributed by atoms with van der Waals surface area (Å²) >= 11 is 13.1.